The van der Waals surface area contributed by atoms with E-state index in [1.165, 1.54) is 0 Å². The van der Waals surface area contributed by atoms with Crippen LogP contribution < -0.4 is 0 Å². The minimum atomic E-state index is -0.702. The molecule has 0 spiro atoms. The molecule has 0 aromatic carbocycles. The molecule has 0 saturated heterocycles. The summed E-state index contributed by atoms with van der Waals surface area (Å²) in [5.41, 5.74) is 1.10. The Morgan fingerprint density at radius 3 is 2.50 bits per heavy atom. The number of aromatic nitrogens is 2. The molecule has 1 atom stereocenters. The average molecular weight is 317 g/mol. The van der Waals surface area contributed by atoms with Crippen molar-refractivity contribution in [2.75, 3.05) is 6.61 Å². The smallest absolute Gasteiger partial charge is 0.170 e. The largest absolute Gasteiger partial charge is 0.368 e. The first kappa shape index (κ1) is 15.4. The van der Waals surface area contributed by atoms with Gasteiger partial charge in [-0.2, -0.15) is 5.10 Å². The molecule has 1 unspecified atom stereocenters. The average Bonchev–Trinajstić information content (AvgIpc) is 2.56. The zero-order valence-electron chi connectivity index (χ0n) is 11.7. The van der Waals surface area contributed by atoms with Gasteiger partial charge in [-0.1, -0.05) is 6.92 Å². The van der Waals surface area contributed by atoms with Crippen molar-refractivity contribution in [1.82, 2.24) is 9.78 Å². The van der Waals surface area contributed by atoms with E-state index < -0.39 is 5.60 Å². The molecular weight excluding hydrogens is 296 g/mol. The van der Waals surface area contributed by atoms with E-state index in [0.717, 1.165) is 15.9 Å². The molecule has 1 rings (SSSR count). The second-order valence-corrected chi connectivity index (χ2v) is 5.38. The van der Waals surface area contributed by atoms with Crippen molar-refractivity contribution in [3.63, 3.8) is 0 Å². The van der Waals surface area contributed by atoms with Crippen LogP contribution in [-0.2, 0) is 23.0 Å². The number of carbonyl (C=O) groups excluding carboxylic acids is 1. The lowest BCUT2D eigenvalue weighted by molar-refractivity contribution is -0.141. The molecular formula is C13H21BrN2O2. The van der Waals surface area contributed by atoms with Gasteiger partial charge in [0.1, 0.15) is 5.60 Å². The highest BCUT2D eigenvalue weighted by Crippen LogP contribution is 2.24. The number of ketones is 1. The van der Waals surface area contributed by atoms with Crippen LogP contribution in [0.2, 0.25) is 0 Å². The summed E-state index contributed by atoms with van der Waals surface area (Å²) in [7, 11) is 1.85. The lowest BCUT2D eigenvalue weighted by atomic mass is 9.94. The first-order valence-electron chi connectivity index (χ1n) is 6.21. The summed E-state index contributed by atoms with van der Waals surface area (Å²) >= 11 is 3.48. The number of carbonyl (C=O) groups is 1. The molecule has 4 nitrogen and oxygen atoms in total. The molecule has 0 amide bonds. The third-order valence-corrected chi connectivity index (χ3v) is 4.35. The molecule has 1 aromatic rings. The van der Waals surface area contributed by atoms with Crippen LogP contribution in [0.15, 0.2) is 4.47 Å². The number of hydrogen-bond acceptors (Lipinski definition) is 3. The van der Waals surface area contributed by atoms with Crippen LogP contribution in [0.3, 0.4) is 0 Å². The number of hydrogen-bond donors (Lipinski definition) is 0. The Morgan fingerprint density at radius 2 is 2.11 bits per heavy atom. The van der Waals surface area contributed by atoms with Crippen molar-refractivity contribution in [1.29, 1.82) is 0 Å². The van der Waals surface area contributed by atoms with Gasteiger partial charge in [-0.15, -0.1) is 0 Å². The maximum absolute atomic E-state index is 12.4. The Kier molecular flexibility index (Phi) is 5.10. The Hall–Kier alpha value is -0.680. The van der Waals surface area contributed by atoms with E-state index in [1.807, 2.05) is 34.7 Å². The van der Waals surface area contributed by atoms with Gasteiger partial charge in [-0.25, -0.2) is 0 Å². The molecule has 0 bridgehead atoms. The fraction of sp³-hybridized carbons (Fsp3) is 0.692. The minimum Gasteiger partial charge on any atom is -0.368 e. The number of ether oxygens (including phenoxy) is 1. The highest BCUT2D eigenvalue weighted by atomic mass is 79.9. The number of Topliss-reactive ketones (excluding diaryl/α,β-unsaturated/α-hetero) is 1. The maximum atomic E-state index is 12.4. The Morgan fingerprint density at radius 1 is 1.50 bits per heavy atom. The maximum Gasteiger partial charge on any atom is 0.170 e. The molecule has 102 valence electrons. The molecule has 0 aliphatic carbocycles. The van der Waals surface area contributed by atoms with E-state index >= 15 is 0 Å². The Balaban J connectivity index is 2.93. The van der Waals surface area contributed by atoms with Gasteiger partial charge in [-0.05, 0) is 43.1 Å². The van der Waals surface area contributed by atoms with E-state index in [4.69, 9.17) is 4.74 Å². The number of rotatable bonds is 6. The highest BCUT2D eigenvalue weighted by molar-refractivity contribution is 9.10. The summed E-state index contributed by atoms with van der Waals surface area (Å²) in [5, 5.41) is 4.29. The standard InChI is InChI=1S/C13H21BrN2O2/c1-6-13(4,18-7-2)11(17)8-10-12(14)9(3)15-16(10)5/h6-8H2,1-5H3. The Labute approximate surface area is 117 Å². The molecule has 0 fully saturated rings. The van der Waals surface area contributed by atoms with Crippen LogP contribution in [0.4, 0.5) is 0 Å². The lowest BCUT2D eigenvalue weighted by Crippen LogP contribution is -2.39. The van der Waals surface area contributed by atoms with Crippen LogP contribution in [0.5, 0.6) is 0 Å². The van der Waals surface area contributed by atoms with E-state index in [2.05, 4.69) is 21.0 Å². The SMILES string of the molecule is CCOC(C)(CC)C(=O)Cc1c(Br)c(C)nn1C. The van der Waals surface area contributed by atoms with Crippen LogP contribution in [-0.4, -0.2) is 27.8 Å². The second kappa shape index (κ2) is 5.97. The minimum absolute atomic E-state index is 0.0931. The third-order valence-electron chi connectivity index (χ3n) is 3.32. The van der Waals surface area contributed by atoms with E-state index in [1.54, 1.807) is 4.68 Å². The predicted octanol–water partition coefficient (Wildman–Crippen LogP) is 2.81. The predicted molar refractivity (Wildman–Crippen MR) is 74.7 cm³/mol. The summed E-state index contributed by atoms with van der Waals surface area (Å²) in [5.74, 6) is 0.0931. The molecule has 5 heteroatoms. The molecule has 0 aliphatic heterocycles. The fourth-order valence-corrected chi connectivity index (χ4v) is 2.39. The summed E-state index contributed by atoms with van der Waals surface area (Å²) < 4.78 is 8.26. The Bertz CT molecular complexity index is 442. The first-order chi connectivity index (χ1) is 8.35. The third kappa shape index (κ3) is 3.01. The van der Waals surface area contributed by atoms with E-state index in [0.29, 0.717) is 19.4 Å². The van der Waals surface area contributed by atoms with Crippen molar-refractivity contribution >= 4 is 21.7 Å². The lowest BCUT2D eigenvalue weighted by Gasteiger charge is -2.26. The van der Waals surface area contributed by atoms with Gasteiger partial charge in [0.25, 0.3) is 0 Å². The molecule has 0 N–H and O–H groups in total. The number of aryl methyl sites for hydroxylation is 2. The summed E-state index contributed by atoms with van der Waals surface area (Å²) in [6, 6.07) is 0. The van der Waals surface area contributed by atoms with Gasteiger partial charge in [0, 0.05) is 13.7 Å². The second-order valence-electron chi connectivity index (χ2n) is 4.59. The molecule has 0 saturated carbocycles. The van der Waals surface area contributed by atoms with Gasteiger partial charge in [0.05, 0.1) is 22.3 Å². The van der Waals surface area contributed by atoms with Gasteiger partial charge in [0.2, 0.25) is 0 Å². The molecule has 1 aromatic heterocycles. The topological polar surface area (TPSA) is 44.1 Å². The van der Waals surface area contributed by atoms with Gasteiger partial charge < -0.3 is 4.74 Å². The first-order valence-corrected chi connectivity index (χ1v) is 7.00. The van der Waals surface area contributed by atoms with Crippen LogP contribution >= 0.6 is 15.9 Å². The van der Waals surface area contributed by atoms with Crippen LogP contribution in [0, 0.1) is 6.92 Å². The molecule has 0 radical (unpaired) electrons. The van der Waals surface area contributed by atoms with E-state index in [9.17, 15) is 4.79 Å². The number of halogens is 1. The van der Waals surface area contributed by atoms with Crippen molar-refractivity contribution in [2.45, 2.75) is 46.1 Å². The number of nitrogens with zero attached hydrogens (tertiary/aromatic N) is 2. The zero-order valence-corrected chi connectivity index (χ0v) is 13.3. The van der Waals surface area contributed by atoms with Gasteiger partial charge in [0.15, 0.2) is 5.78 Å². The van der Waals surface area contributed by atoms with Crippen LogP contribution in [0.25, 0.3) is 0 Å². The normalized spacial score (nSPS) is 14.6. The van der Waals surface area contributed by atoms with Crippen LogP contribution in [0.1, 0.15) is 38.6 Å². The summed E-state index contributed by atoms with van der Waals surface area (Å²) in [6.07, 6.45) is 1.01. The van der Waals surface area contributed by atoms with Gasteiger partial charge >= 0.3 is 0 Å². The molecule has 1 heterocycles. The molecule has 0 aliphatic rings. The molecule has 18 heavy (non-hydrogen) atoms. The quantitative estimate of drug-likeness (QED) is 0.810. The summed E-state index contributed by atoms with van der Waals surface area (Å²) in [4.78, 5) is 12.4. The van der Waals surface area contributed by atoms with Crippen molar-refractivity contribution in [3.05, 3.63) is 15.9 Å². The fourth-order valence-electron chi connectivity index (χ4n) is 1.91. The van der Waals surface area contributed by atoms with Crippen molar-refractivity contribution < 1.29 is 9.53 Å². The monoisotopic (exact) mass is 316 g/mol. The zero-order chi connectivity index (χ0) is 13.9. The van der Waals surface area contributed by atoms with Crippen molar-refractivity contribution in [2.24, 2.45) is 7.05 Å². The van der Waals surface area contributed by atoms with E-state index in [-0.39, 0.29) is 5.78 Å². The summed E-state index contributed by atoms with van der Waals surface area (Å²) in [6.45, 7) is 8.19. The van der Waals surface area contributed by atoms with Gasteiger partial charge in [-0.3, -0.25) is 9.48 Å². The highest BCUT2D eigenvalue weighted by Gasteiger charge is 2.32. The van der Waals surface area contributed by atoms with Crippen molar-refractivity contribution in [3.8, 4) is 0 Å².